The molecule has 4 N–H and O–H groups in total. The number of rotatable bonds is 4. The Morgan fingerprint density at radius 2 is 1.44 bits per heavy atom. The van der Waals surface area contributed by atoms with Crippen LogP contribution in [0.25, 0.3) is 11.1 Å². The van der Waals surface area contributed by atoms with E-state index in [0.29, 0.717) is 11.3 Å². The van der Waals surface area contributed by atoms with Crippen molar-refractivity contribution in [2.45, 2.75) is 0 Å². The molecule has 6 nitrogen and oxygen atoms in total. The Balaban J connectivity index is 1.99. The third-order valence-corrected chi connectivity index (χ3v) is 3.91. The Bertz CT molecular complexity index is 986. The van der Waals surface area contributed by atoms with E-state index >= 15 is 0 Å². The lowest BCUT2D eigenvalue weighted by Crippen LogP contribution is -2.29. The van der Waals surface area contributed by atoms with E-state index in [1.807, 2.05) is 41.7 Å². The number of benzene rings is 3. The molecule has 0 aliphatic heterocycles. The first-order valence-corrected chi connectivity index (χ1v) is 8.19. The largest absolute Gasteiger partial charge is 0.465 e. The molecule has 0 heterocycles. The summed E-state index contributed by atoms with van der Waals surface area (Å²) in [5.41, 5.74) is 2.87. The molecule has 6 heteroatoms. The van der Waals surface area contributed by atoms with Gasteiger partial charge in [-0.25, -0.2) is 4.79 Å². The molecule has 3 aromatic rings. The van der Waals surface area contributed by atoms with E-state index in [2.05, 4.69) is 5.32 Å². The average Bonchev–Trinajstić information content (AvgIpc) is 2.68. The van der Waals surface area contributed by atoms with Crippen LogP contribution < -0.4 is 10.6 Å². The quantitative estimate of drug-likeness (QED) is 0.415. The third kappa shape index (κ3) is 4.38. The molecule has 0 bridgehead atoms. The fraction of sp³-hybridized carbons (Fsp3) is 0. The lowest BCUT2D eigenvalue weighted by atomic mass is 10.0. The highest BCUT2D eigenvalue weighted by Gasteiger charge is 2.15. The van der Waals surface area contributed by atoms with Gasteiger partial charge in [0, 0.05) is 11.1 Å². The Morgan fingerprint density at radius 1 is 0.815 bits per heavy atom. The van der Waals surface area contributed by atoms with Gasteiger partial charge in [0.2, 0.25) is 0 Å². The second-order valence-corrected chi connectivity index (χ2v) is 5.75. The molecule has 0 aliphatic carbocycles. The summed E-state index contributed by atoms with van der Waals surface area (Å²) < 4.78 is 0. The maximum absolute atomic E-state index is 12.5. The van der Waals surface area contributed by atoms with E-state index in [4.69, 9.17) is 10.5 Å². The molecule has 3 aromatic carbocycles. The van der Waals surface area contributed by atoms with Crippen molar-refractivity contribution in [1.82, 2.24) is 5.32 Å². The zero-order valence-corrected chi connectivity index (χ0v) is 14.3. The maximum atomic E-state index is 12.5. The summed E-state index contributed by atoms with van der Waals surface area (Å²) >= 11 is 0. The van der Waals surface area contributed by atoms with Crippen molar-refractivity contribution < 1.29 is 14.7 Å². The van der Waals surface area contributed by atoms with Gasteiger partial charge in [-0.05, 0) is 35.4 Å². The summed E-state index contributed by atoms with van der Waals surface area (Å²) in [6.45, 7) is 0. The van der Waals surface area contributed by atoms with Gasteiger partial charge in [0.15, 0.2) is 0 Å². The number of carbonyl (C=O) groups excluding carboxylic acids is 1. The van der Waals surface area contributed by atoms with E-state index in [9.17, 15) is 9.59 Å². The van der Waals surface area contributed by atoms with Gasteiger partial charge < -0.3 is 10.4 Å². The minimum atomic E-state index is -1.34. The number of carbonyl (C=O) groups is 2. The van der Waals surface area contributed by atoms with E-state index in [0.717, 1.165) is 11.1 Å². The van der Waals surface area contributed by atoms with Crippen molar-refractivity contribution in [3.05, 3.63) is 90.0 Å². The van der Waals surface area contributed by atoms with Crippen LogP contribution in [0, 0.1) is 5.41 Å². The summed E-state index contributed by atoms with van der Waals surface area (Å²) in [5, 5.41) is 21.7. The standard InChI is InChI=1S/C21H17N3O3/c22-19(24-21(26)27)17-12-11-16(14-7-3-1-4-8-14)13-18(17)23-20(25)15-9-5-2-6-10-15/h1-13H,(H2,22,24)(H,23,25)(H,26,27). The van der Waals surface area contributed by atoms with Crippen molar-refractivity contribution >= 4 is 23.5 Å². The number of nitrogens with one attached hydrogen (secondary N) is 3. The average molecular weight is 359 g/mol. The highest BCUT2D eigenvalue weighted by molar-refractivity contribution is 6.12. The van der Waals surface area contributed by atoms with Crippen LogP contribution in [0.3, 0.4) is 0 Å². The predicted molar refractivity (Wildman–Crippen MR) is 104 cm³/mol. The van der Waals surface area contributed by atoms with E-state index in [1.54, 1.807) is 42.5 Å². The predicted octanol–water partition coefficient (Wildman–Crippen LogP) is 4.20. The Morgan fingerprint density at radius 3 is 2.07 bits per heavy atom. The minimum Gasteiger partial charge on any atom is -0.465 e. The Labute approximate surface area is 156 Å². The molecule has 27 heavy (non-hydrogen) atoms. The van der Waals surface area contributed by atoms with Crippen molar-refractivity contribution in [3.63, 3.8) is 0 Å². The molecule has 0 aliphatic rings. The number of amidine groups is 1. The fourth-order valence-electron chi connectivity index (χ4n) is 2.63. The molecular formula is C21H17N3O3. The summed E-state index contributed by atoms with van der Waals surface area (Å²) in [5.74, 6) is -0.657. The molecule has 0 spiro atoms. The van der Waals surface area contributed by atoms with Crippen LogP contribution in [-0.2, 0) is 0 Å². The lowest BCUT2D eigenvalue weighted by Gasteiger charge is -2.14. The molecule has 3 rings (SSSR count). The van der Waals surface area contributed by atoms with E-state index in [1.165, 1.54) is 0 Å². The van der Waals surface area contributed by atoms with Gasteiger partial charge in [0.05, 0.1) is 5.69 Å². The number of hydrogen-bond donors (Lipinski definition) is 4. The number of amides is 2. The van der Waals surface area contributed by atoms with Crippen molar-refractivity contribution in [2.75, 3.05) is 5.32 Å². The smallest absolute Gasteiger partial charge is 0.410 e. The van der Waals surface area contributed by atoms with E-state index in [-0.39, 0.29) is 17.3 Å². The van der Waals surface area contributed by atoms with Crippen molar-refractivity contribution in [1.29, 1.82) is 5.41 Å². The van der Waals surface area contributed by atoms with Gasteiger partial charge in [-0.1, -0.05) is 54.6 Å². The van der Waals surface area contributed by atoms with E-state index < -0.39 is 6.09 Å². The number of carboxylic acid groups (broad SMARTS) is 1. The van der Waals surface area contributed by atoms with Crippen LogP contribution in [0.5, 0.6) is 0 Å². The second kappa shape index (κ2) is 7.97. The van der Waals surface area contributed by atoms with Crippen LogP contribution in [0.2, 0.25) is 0 Å². The molecule has 2 amide bonds. The van der Waals surface area contributed by atoms with Crippen LogP contribution >= 0.6 is 0 Å². The van der Waals surface area contributed by atoms with Crippen LogP contribution in [-0.4, -0.2) is 22.9 Å². The van der Waals surface area contributed by atoms with Crippen molar-refractivity contribution in [2.24, 2.45) is 0 Å². The summed E-state index contributed by atoms with van der Waals surface area (Å²) in [6, 6.07) is 23.4. The monoisotopic (exact) mass is 359 g/mol. The zero-order valence-electron chi connectivity index (χ0n) is 14.3. The lowest BCUT2D eigenvalue weighted by molar-refractivity contribution is 0.102. The van der Waals surface area contributed by atoms with Crippen LogP contribution in [0.15, 0.2) is 78.9 Å². The molecule has 0 unspecified atom stereocenters. The first-order valence-electron chi connectivity index (χ1n) is 8.19. The molecule has 134 valence electrons. The van der Waals surface area contributed by atoms with Gasteiger partial charge >= 0.3 is 6.09 Å². The summed E-state index contributed by atoms with van der Waals surface area (Å²) in [4.78, 5) is 23.4. The Kier molecular flexibility index (Phi) is 5.28. The molecule has 0 fully saturated rings. The fourth-order valence-corrected chi connectivity index (χ4v) is 2.63. The molecular weight excluding hydrogens is 342 g/mol. The second-order valence-electron chi connectivity index (χ2n) is 5.75. The van der Waals surface area contributed by atoms with Gasteiger partial charge in [-0.15, -0.1) is 0 Å². The summed E-state index contributed by atoms with van der Waals surface area (Å²) in [6.07, 6.45) is -1.34. The first-order chi connectivity index (χ1) is 13.0. The molecule has 0 saturated carbocycles. The molecule has 0 radical (unpaired) electrons. The topological polar surface area (TPSA) is 102 Å². The minimum absolute atomic E-state index is 0.279. The molecule has 0 aromatic heterocycles. The number of anilines is 1. The molecule has 0 saturated heterocycles. The van der Waals surface area contributed by atoms with Crippen LogP contribution in [0.1, 0.15) is 15.9 Å². The maximum Gasteiger partial charge on any atom is 0.410 e. The zero-order chi connectivity index (χ0) is 19.2. The van der Waals surface area contributed by atoms with Gasteiger partial charge in [-0.2, -0.15) is 0 Å². The summed E-state index contributed by atoms with van der Waals surface area (Å²) in [7, 11) is 0. The highest BCUT2D eigenvalue weighted by atomic mass is 16.4. The van der Waals surface area contributed by atoms with Crippen LogP contribution in [0.4, 0.5) is 10.5 Å². The molecule has 0 atom stereocenters. The third-order valence-electron chi connectivity index (χ3n) is 3.91. The normalized spacial score (nSPS) is 10.1. The van der Waals surface area contributed by atoms with Gasteiger partial charge in [0.25, 0.3) is 5.91 Å². The van der Waals surface area contributed by atoms with Gasteiger partial charge in [-0.3, -0.25) is 15.5 Å². The Hall–Kier alpha value is -3.93. The first kappa shape index (κ1) is 17.9. The SMILES string of the molecule is N=C(NC(=O)O)c1ccc(-c2ccccc2)cc1NC(=O)c1ccccc1. The number of hydrogen-bond acceptors (Lipinski definition) is 3. The van der Waals surface area contributed by atoms with Gasteiger partial charge in [0.1, 0.15) is 5.84 Å². The van der Waals surface area contributed by atoms with Crippen molar-refractivity contribution in [3.8, 4) is 11.1 Å². The highest BCUT2D eigenvalue weighted by Crippen LogP contribution is 2.26.